The summed E-state index contributed by atoms with van der Waals surface area (Å²) in [5.74, 6) is -0.416. The fraction of sp³-hybridized carbons (Fsp3) is 0.630. The SMILES string of the molecule is C#C.CC.CCC/C(C(=O)c1nc(Cl)cc(OC[C@@H]2CCCN2C)n1)=C(/N)[C@H]1CCCCC1=O.CO. The van der Waals surface area contributed by atoms with Crippen LogP contribution in [-0.2, 0) is 4.79 Å². The highest BCUT2D eigenvalue weighted by Gasteiger charge is 2.29. The quantitative estimate of drug-likeness (QED) is 0.222. The van der Waals surface area contributed by atoms with E-state index in [1.54, 1.807) is 0 Å². The van der Waals surface area contributed by atoms with Crippen LogP contribution in [0.15, 0.2) is 17.3 Å². The van der Waals surface area contributed by atoms with Crippen LogP contribution in [0.4, 0.5) is 0 Å². The lowest BCUT2D eigenvalue weighted by Crippen LogP contribution is -2.31. The number of ether oxygens (including phenoxy) is 1. The predicted octanol–water partition coefficient (Wildman–Crippen LogP) is 4.44. The number of carbonyl (C=O) groups excluding carboxylic acids is 2. The molecule has 0 amide bonds. The number of terminal acetylenes is 1. The molecule has 202 valence electrons. The van der Waals surface area contributed by atoms with E-state index in [9.17, 15) is 9.59 Å². The molecule has 9 heteroatoms. The van der Waals surface area contributed by atoms with E-state index in [1.165, 1.54) is 6.07 Å². The molecule has 2 fully saturated rings. The van der Waals surface area contributed by atoms with Crippen LogP contribution < -0.4 is 10.5 Å². The Morgan fingerprint density at radius 3 is 2.44 bits per heavy atom. The van der Waals surface area contributed by atoms with Crippen molar-refractivity contribution in [2.45, 2.75) is 78.2 Å². The average Bonchev–Trinajstić information content (AvgIpc) is 3.33. The molecule has 0 aromatic carbocycles. The minimum atomic E-state index is -0.392. The Kier molecular flexibility index (Phi) is 17.5. The first-order chi connectivity index (χ1) is 17.4. The zero-order valence-electron chi connectivity index (χ0n) is 22.4. The Morgan fingerprint density at radius 2 is 1.89 bits per heavy atom. The monoisotopic (exact) mass is 522 g/mol. The van der Waals surface area contributed by atoms with Gasteiger partial charge in [0.25, 0.3) is 0 Å². The van der Waals surface area contributed by atoms with Crippen LogP contribution in [-0.4, -0.2) is 64.9 Å². The second-order valence-electron chi connectivity index (χ2n) is 8.22. The summed E-state index contributed by atoms with van der Waals surface area (Å²) in [7, 11) is 3.07. The van der Waals surface area contributed by atoms with Gasteiger partial charge in [-0.15, -0.1) is 12.8 Å². The molecular weight excluding hydrogens is 480 g/mol. The molecule has 8 nitrogen and oxygen atoms in total. The van der Waals surface area contributed by atoms with Crippen molar-refractivity contribution in [3.63, 3.8) is 0 Å². The first-order valence-corrected chi connectivity index (χ1v) is 13.0. The van der Waals surface area contributed by atoms with E-state index >= 15 is 0 Å². The highest BCUT2D eigenvalue weighted by atomic mass is 35.5. The van der Waals surface area contributed by atoms with Gasteiger partial charge in [0.05, 0.1) is 5.92 Å². The number of hydrogen-bond donors (Lipinski definition) is 2. The Hall–Kier alpha value is -2.47. The molecule has 3 N–H and O–H groups in total. The van der Waals surface area contributed by atoms with E-state index in [4.69, 9.17) is 27.2 Å². The topological polar surface area (TPSA) is 119 Å². The summed E-state index contributed by atoms with van der Waals surface area (Å²) >= 11 is 6.16. The highest BCUT2D eigenvalue weighted by Crippen LogP contribution is 2.29. The Labute approximate surface area is 221 Å². The fourth-order valence-corrected chi connectivity index (χ4v) is 4.41. The third kappa shape index (κ3) is 9.88. The molecule has 1 aromatic heterocycles. The van der Waals surface area contributed by atoms with Gasteiger partial charge in [0, 0.05) is 36.9 Å². The smallest absolute Gasteiger partial charge is 0.228 e. The number of hydrogen-bond acceptors (Lipinski definition) is 8. The summed E-state index contributed by atoms with van der Waals surface area (Å²) in [6.07, 6.45) is 14.4. The molecule has 0 unspecified atom stereocenters. The highest BCUT2D eigenvalue weighted by molar-refractivity contribution is 6.29. The van der Waals surface area contributed by atoms with Crippen molar-refractivity contribution in [2.75, 3.05) is 27.3 Å². The number of halogens is 1. The number of likely N-dealkylation sites (tertiary alicyclic amines) is 1. The van der Waals surface area contributed by atoms with Crippen LogP contribution in [0.25, 0.3) is 0 Å². The Bertz CT molecular complexity index is 873. The number of ketones is 2. The Balaban J connectivity index is 0.00000190. The van der Waals surface area contributed by atoms with Crippen LogP contribution in [0.2, 0.25) is 5.15 Å². The number of aromatic nitrogens is 2. The average molecular weight is 523 g/mol. The summed E-state index contributed by atoms with van der Waals surface area (Å²) < 4.78 is 5.83. The first-order valence-electron chi connectivity index (χ1n) is 12.6. The third-order valence-corrected chi connectivity index (χ3v) is 6.22. The standard InChI is InChI=1S/C22H31ClN4O3.C2H6.C2H2.CH4O/c1-3-7-16(20(24)15-9-4-5-10-17(15)28)21(29)22-25-18(23)12-19(26-22)30-13-14-8-6-11-27(14)2;3*1-2/h12,14-15H,3-11,13,24H2,1-2H3;1-2H3;1-2H;2H,1H3/b20-16-;;;/t14-,15-;;;/m0.../s1. The normalized spacial score (nSPS) is 19.9. The van der Waals surface area contributed by atoms with Gasteiger partial charge in [0.15, 0.2) is 0 Å². The Morgan fingerprint density at radius 1 is 1.22 bits per heavy atom. The number of Topliss-reactive ketones (excluding diaryl/α,β-unsaturated/α-hetero) is 2. The van der Waals surface area contributed by atoms with E-state index in [0.717, 1.165) is 45.8 Å². The lowest BCUT2D eigenvalue weighted by atomic mass is 9.83. The molecule has 2 aliphatic rings. The molecule has 0 bridgehead atoms. The molecule has 0 radical (unpaired) electrons. The van der Waals surface area contributed by atoms with Gasteiger partial charge in [-0.2, -0.15) is 4.98 Å². The molecule has 1 aromatic rings. The number of nitrogens with two attached hydrogens (primary N) is 1. The lowest BCUT2D eigenvalue weighted by Gasteiger charge is -2.23. The predicted molar refractivity (Wildman–Crippen MR) is 145 cm³/mol. The summed E-state index contributed by atoms with van der Waals surface area (Å²) in [5.41, 5.74) is 7.14. The van der Waals surface area contributed by atoms with Crippen molar-refractivity contribution < 1.29 is 19.4 Å². The number of likely N-dealkylation sites (N-methyl/N-ethyl adjacent to an activating group) is 1. The van der Waals surface area contributed by atoms with Gasteiger partial charge >= 0.3 is 0 Å². The molecule has 1 aliphatic heterocycles. The van der Waals surface area contributed by atoms with Crippen LogP contribution >= 0.6 is 11.6 Å². The molecule has 0 spiro atoms. The maximum absolute atomic E-state index is 13.2. The molecule has 1 aliphatic carbocycles. The molecule has 2 atom stereocenters. The minimum Gasteiger partial charge on any atom is -0.476 e. The van der Waals surface area contributed by atoms with Crippen LogP contribution in [0.5, 0.6) is 5.88 Å². The van der Waals surface area contributed by atoms with Crippen LogP contribution in [0.1, 0.15) is 82.8 Å². The van der Waals surface area contributed by atoms with Gasteiger partial charge in [-0.25, -0.2) is 4.98 Å². The van der Waals surface area contributed by atoms with Gasteiger partial charge < -0.3 is 20.5 Å². The maximum Gasteiger partial charge on any atom is 0.228 e. The number of rotatable bonds is 8. The number of nitrogens with zero attached hydrogens (tertiary/aromatic N) is 3. The summed E-state index contributed by atoms with van der Waals surface area (Å²) in [5, 5.41) is 7.14. The molecule has 1 saturated heterocycles. The molecule has 3 rings (SSSR count). The molecule has 1 saturated carbocycles. The van der Waals surface area contributed by atoms with E-state index in [-0.39, 0.29) is 28.4 Å². The maximum atomic E-state index is 13.2. The number of carbonyl (C=O) groups is 2. The summed E-state index contributed by atoms with van der Waals surface area (Å²) in [6, 6.07) is 1.84. The largest absolute Gasteiger partial charge is 0.476 e. The second-order valence-corrected chi connectivity index (χ2v) is 8.61. The molecule has 36 heavy (non-hydrogen) atoms. The third-order valence-electron chi connectivity index (χ3n) is 6.02. The zero-order valence-corrected chi connectivity index (χ0v) is 23.2. The van der Waals surface area contributed by atoms with E-state index in [0.29, 0.717) is 43.2 Å². The first kappa shape index (κ1) is 33.5. The molecular formula is C27H43ClN4O4. The van der Waals surface area contributed by atoms with Crippen LogP contribution in [0, 0.1) is 18.8 Å². The van der Waals surface area contributed by atoms with Crippen molar-refractivity contribution in [2.24, 2.45) is 11.7 Å². The van der Waals surface area contributed by atoms with E-state index < -0.39 is 5.92 Å². The zero-order chi connectivity index (χ0) is 27.7. The van der Waals surface area contributed by atoms with E-state index in [2.05, 4.69) is 34.8 Å². The lowest BCUT2D eigenvalue weighted by molar-refractivity contribution is -0.123. The van der Waals surface area contributed by atoms with Crippen molar-refractivity contribution in [3.05, 3.63) is 28.3 Å². The van der Waals surface area contributed by atoms with Gasteiger partial charge in [-0.1, -0.05) is 45.2 Å². The molecule has 2 heterocycles. The number of aliphatic hydroxyl groups excluding tert-OH is 1. The van der Waals surface area contributed by atoms with Gasteiger partial charge in [-0.05, 0) is 45.7 Å². The number of aliphatic hydroxyl groups is 1. The summed E-state index contributed by atoms with van der Waals surface area (Å²) in [6.45, 7) is 7.50. The van der Waals surface area contributed by atoms with Crippen molar-refractivity contribution in [3.8, 4) is 18.7 Å². The second kappa shape index (κ2) is 18.8. The minimum absolute atomic E-state index is 0.0352. The van der Waals surface area contributed by atoms with E-state index in [1.807, 2.05) is 20.8 Å². The van der Waals surface area contributed by atoms with Gasteiger partial charge in [0.1, 0.15) is 17.5 Å². The van der Waals surface area contributed by atoms with Gasteiger partial charge in [0.2, 0.25) is 17.5 Å². The van der Waals surface area contributed by atoms with Crippen molar-refractivity contribution in [1.29, 1.82) is 0 Å². The van der Waals surface area contributed by atoms with Crippen molar-refractivity contribution >= 4 is 23.2 Å². The fourth-order valence-electron chi connectivity index (χ4n) is 4.24. The number of allylic oxidation sites excluding steroid dienone is 2. The van der Waals surface area contributed by atoms with Crippen molar-refractivity contribution in [1.82, 2.24) is 14.9 Å². The van der Waals surface area contributed by atoms with Crippen LogP contribution in [0.3, 0.4) is 0 Å². The van der Waals surface area contributed by atoms with Gasteiger partial charge in [-0.3, -0.25) is 9.59 Å². The summed E-state index contributed by atoms with van der Waals surface area (Å²) in [4.78, 5) is 36.3.